The predicted molar refractivity (Wildman–Crippen MR) is 88.1 cm³/mol. The summed E-state index contributed by atoms with van der Waals surface area (Å²) in [6.45, 7) is 8.41. The van der Waals surface area contributed by atoms with Crippen molar-refractivity contribution >= 4 is 15.9 Å². The minimum absolute atomic E-state index is 0.0326. The number of rotatable bonds is 3. The lowest BCUT2D eigenvalue weighted by Gasteiger charge is -2.35. The third-order valence-electron chi connectivity index (χ3n) is 4.13. The van der Waals surface area contributed by atoms with E-state index >= 15 is 0 Å². The summed E-state index contributed by atoms with van der Waals surface area (Å²) in [4.78, 5) is 14.6. The van der Waals surface area contributed by atoms with Crippen LogP contribution in [0.25, 0.3) is 0 Å². The van der Waals surface area contributed by atoms with Crippen LogP contribution in [-0.2, 0) is 14.8 Å². The number of sulfonamides is 1. The Hall–Kier alpha value is -1.44. The van der Waals surface area contributed by atoms with E-state index in [0.29, 0.717) is 24.2 Å². The van der Waals surface area contributed by atoms with Crippen LogP contribution in [-0.4, -0.2) is 51.6 Å². The molecule has 2 unspecified atom stereocenters. The number of hydrogen-bond donors (Lipinski definition) is 1. The van der Waals surface area contributed by atoms with Crippen molar-refractivity contribution in [3.8, 4) is 0 Å². The first kappa shape index (κ1) is 17.9. The molecule has 1 aliphatic heterocycles. The summed E-state index contributed by atoms with van der Waals surface area (Å²) in [7, 11) is -2.24. The van der Waals surface area contributed by atoms with E-state index in [9.17, 15) is 13.2 Å². The number of nitrogens with zero attached hydrogens (tertiary/aromatic N) is 1. The molecule has 7 heteroatoms. The number of aryl methyl sites for hydroxylation is 1. The molecule has 1 aliphatic rings. The Labute approximate surface area is 137 Å². The average molecular weight is 340 g/mol. The van der Waals surface area contributed by atoms with E-state index in [0.717, 1.165) is 5.56 Å². The monoisotopic (exact) mass is 340 g/mol. The topological polar surface area (TPSA) is 75.7 Å². The Morgan fingerprint density at radius 1 is 1.22 bits per heavy atom. The third-order valence-corrected chi connectivity index (χ3v) is 5.67. The van der Waals surface area contributed by atoms with Crippen LogP contribution >= 0.6 is 0 Å². The molecule has 23 heavy (non-hydrogen) atoms. The van der Waals surface area contributed by atoms with Crippen LogP contribution in [0.5, 0.6) is 0 Å². The summed E-state index contributed by atoms with van der Waals surface area (Å²) in [5, 5.41) is 0. The van der Waals surface area contributed by atoms with Gasteiger partial charge >= 0.3 is 0 Å². The van der Waals surface area contributed by atoms with Gasteiger partial charge in [0.2, 0.25) is 10.0 Å². The molecular weight excluding hydrogens is 316 g/mol. The van der Waals surface area contributed by atoms with E-state index in [-0.39, 0.29) is 23.0 Å². The molecule has 0 radical (unpaired) electrons. The van der Waals surface area contributed by atoms with Crippen molar-refractivity contribution in [2.75, 3.05) is 20.1 Å². The zero-order chi connectivity index (χ0) is 17.4. The highest BCUT2D eigenvalue weighted by molar-refractivity contribution is 7.89. The van der Waals surface area contributed by atoms with Crippen molar-refractivity contribution in [2.45, 2.75) is 44.8 Å². The molecule has 1 aromatic carbocycles. The summed E-state index contributed by atoms with van der Waals surface area (Å²) in [6.07, 6.45) is -0.0653. The van der Waals surface area contributed by atoms with E-state index in [1.54, 1.807) is 17.9 Å². The van der Waals surface area contributed by atoms with Gasteiger partial charge < -0.3 is 9.64 Å². The molecule has 128 valence electrons. The SMILES string of the molecule is CNS(=O)(=O)c1cc(C(=O)N2CC(C)OC(C)C2)cc(C)c1C. The first-order valence-corrected chi connectivity index (χ1v) is 9.13. The van der Waals surface area contributed by atoms with Crippen molar-refractivity contribution in [3.63, 3.8) is 0 Å². The number of benzene rings is 1. The van der Waals surface area contributed by atoms with E-state index < -0.39 is 10.0 Å². The highest BCUT2D eigenvalue weighted by Crippen LogP contribution is 2.23. The molecule has 2 atom stereocenters. The van der Waals surface area contributed by atoms with E-state index in [1.807, 2.05) is 20.8 Å². The maximum Gasteiger partial charge on any atom is 0.254 e. The lowest BCUT2D eigenvalue weighted by molar-refractivity contribution is -0.0586. The van der Waals surface area contributed by atoms with Crippen LogP contribution in [0, 0.1) is 13.8 Å². The van der Waals surface area contributed by atoms with Gasteiger partial charge in [-0.1, -0.05) is 0 Å². The number of carbonyl (C=O) groups excluding carboxylic acids is 1. The Balaban J connectivity index is 2.42. The first-order valence-electron chi connectivity index (χ1n) is 7.65. The summed E-state index contributed by atoms with van der Waals surface area (Å²) in [5.41, 5.74) is 1.82. The second-order valence-electron chi connectivity index (χ2n) is 6.09. The minimum atomic E-state index is -3.61. The average Bonchev–Trinajstić information content (AvgIpc) is 2.47. The molecule has 2 rings (SSSR count). The molecule has 0 aromatic heterocycles. The van der Waals surface area contributed by atoms with Crippen LogP contribution in [0.1, 0.15) is 35.3 Å². The molecule has 6 nitrogen and oxygen atoms in total. The van der Waals surface area contributed by atoms with Gasteiger partial charge in [-0.15, -0.1) is 0 Å². The van der Waals surface area contributed by atoms with Gasteiger partial charge in [0.25, 0.3) is 5.91 Å². The Morgan fingerprint density at radius 3 is 2.30 bits per heavy atom. The molecule has 1 N–H and O–H groups in total. The van der Waals surface area contributed by atoms with Crippen molar-refractivity contribution in [2.24, 2.45) is 0 Å². The lowest BCUT2D eigenvalue weighted by atomic mass is 10.0. The smallest absolute Gasteiger partial charge is 0.254 e. The summed E-state index contributed by atoms with van der Waals surface area (Å²) >= 11 is 0. The molecule has 0 spiro atoms. The second kappa shape index (κ2) is 6.59. The van der Waals surface area contributed by atoms with Crippen molar-refractivity contribution in [1.29, 1.82) is 0 Å². The van der Waals surface area contributed by atoms with E-state index in [2.05, 4.69) is 4.72 Å². The Kier molecular flexibility index (Phi) is 5.13. The number of amides is 1. The highest BCUT2D eigenvalue weighted by Gasteiger charge is 2.28. The number of ether oxygens (including phenoxy) is 1. The molecular formula is C16H24N2O4S. The Bertz CT molecular complexity index is 705. The van der Waals surface area contributed by atoms with E-state index in [1.165, 1.54) is 13.1 Å². The third kappa shape index (κ3) is 3.73. The molecule has 0 bridgehead atoms. The maximum atomic E-state index is 12.8. The first-order chi connectivity index (χ1) is 10.7. The molecule has 1 heterocycles. The van der Waals surface area contributed by atoms with Crippen molar-refractivity contribution in [1.82, 2.24) is 9.62 Å². The quantitative estimate of drug-likeness (QED) is 0.904. The molecule has 1 fully saturated rings. The standard InChI is InChI=1S/C16H24N2O4S/c1-10-6-14(7-15(13(10)4)23(20,21)17-5)16(19)18-8-11(2)22-12(3)9-18/h6-7,11-12,17H,8-9H2,1-5H3. The van der Waals surface area contributed by atoms with Crippen LogP contribution in [0.4, 0.5) is 0 Å². The minimum Gasteiger partial charge on any atom is -0.372 e. The molecule has 0 saturated carbocycles. The largest absolute Gasteiger partial charge is 0.372 e. The van der Waals surface area contributed by atoms with Gasteiger partial charge in [-0.25, -0.2) is 13.1 Å². The normalized spacial score (nSPS) is 22.2. The fraction of sp³-hybridized carbons (Fsp3) is 0.562. The van der Waals surface area contributed by atoms with Gasteiger partial charge in [0, 0.05) is 18.7 Å². The fourth-order valence-electron chi connectivity index (χ4n) is 2.87. The van der Waals surface area contributed by atoms with E-state index in [4.69, 9.17) is 4.74 Å². The lowest BCUT2D eigenvalue weighted by Crippen LogP contribution is -2.48. The van der Waals surface area contributed by atoms with Crippen molar-refractivity contribution in [3.05, 3.63) is 28.8 Å². The van der Waals surface area contributed by atoms with Gasteiger partial charge in [0.1, 0.15) is 0 Å². The summed E-state index contributed by atoms with van der Waals surface area (Å²) in [6, 6.07) is 3.21. The van der Waals surface area contributed by atoms with Gasteiger partial charge in [0.05, 0.1) is 17.1 Å². The van der Waals surface area contributed by atoms with Crippen LogP contribution in [0.15, 0.2) is 17.0 Å². The van der Waals surface area contributed by atoms with Gasteiger partial charge in [-0.05, 0) is 58.0 Å². The highest BCUT2D eigenvalue weighted by atomic mass is 32.2. The predicted octanol–water partition coefficient (Wildman–Crippen LogP) is 1.46. The van der Waals surface area contributed by atoms with Crippen LogP contribution in [0.3, 0.4) is 0 Å². The maximum absolute atomic E-state index is 12.8. The Morgan fingerprint density at radius 2 is 1.78 bits per heavy atom. The number of hydrogen-bond acceptors (Lipinski definition) is 4. The summed E-state index contributed by atoms with van der Waals surface area (Å²) < 4.78 is 32.3. The number of nitrogens with one attached hydrogen (secondary N) is 1. The van der Waals surface area contributed by atoms with Crippen LogP contribution in [0.2, 0.25) is 0 Å². The fourth-order valence-corrected chi connectivity index (χ4v) is 3.93. The van der Waals surface area contributed by atoms with Crippen molar-refractivity contribution < 1.29 is 17.9 Å². The second-order valence-corrected chi connectivity index (χ2v) is 7.95. The molecule has 1 amide bonds. The zero-order valence-corrected chi connectivity index (χ0v) is 15.0. The number of carbonyl (C=O) groups is 1. The summed E-state index contributed by atoms with van der Waals surface area (Å²) in [5.74, 6) is -0.164. The van der Waals surface area contributed by atoms with Gasteiger partial charge in [-0.3, -0.25) is 4.79 Å². The van der Waals surface area contributed by atoms with Gasteiger partial charge in [-0.2, -0.15) is 0 Å². The van der Waals surface area contributed by atoms with Gasteiger partial charge in [0.15, 0.2) is 0 Å². The molecule has 1 saturated heterocycles. The zero-order valence-electron chi connectivity index (χ0n) is 14.2. The molecule has 0 aliphatic carbocycles. The number of morpholine rings is 1. The molecule has 1 aromatic rings. The van der Waals surface area contributed by atoms with Crippen LogP contribution < -0.4 is 4.72 Å².